The van der Waals surface area contributed by atoms with Crippen LogP contribution in [0.25, 0.3) is 11.3 Å². The molecule has 3 aromatic carbocycles. The van der Waals surface area contributed by atoms with Crippen molar-refractivity contribution in [2.24, 2.45) is 11.8 Å². The van der Waals surface area contributed by atoms with Gasteiger partial charge in [0.1, 0.15) is 30.4 Å². The molecule has 264 valence electrons. The maximum absolute atomic E-state index is 13.9. The Balaban J connectivity index is 1.33. The molecule has 2 aliphatic rings. The summed E-state index contributed by atoms with van der Waals surface area (Å²) in [5.41, 5.74) is 3.81. The molecule has 6 rings (SSSR count). The summed E-state index contributed by atoms with van der Waals surface area (Å²) in [5.74, 6) is 1.21. The molecule has 0 radical (unpaired) electrons. The van der Waals surface area contributed by atoms with Gasteiger partial charge in [0.2, 0.25) is 5.91 Å². The molecule has 2 fully saturated rings. The summed E-state index contributed by atoms with van der Waals surface area (Å²) in [6.07, 6.45) is 2.56. The van der Waals surface area contributed by atoms with Gasteiger partial charge in [-0.2, -0.15) is 0 Å². The zero-order valence-electron chi connectivity index (χ0n) is 29.3. The lowest BCUT2D eigenvalue weighted by molar-refractivity contribution is -0.119. The lowest BCUT2D eigenvalue weighted by atomic mass is 9.96. The zero-order valence-corrected chi connectivity index (χ0v) is 29.3. The first-order chi connectivity index (χ1) is 24.4. The number of morpholine rings is 1. The fourth-order valence-electron chi connectivity index (χ4n) is 6.76. The van der Waals surface area contributed by atoms with Crippen molar-refractivity contribution in [3.05, 3.63) is 95.2 Å². The topological polar surface area (TPSA) is 115 Å². The van der Waals surface area contributed by atoms with Crippen LogP contribution in [0.1, 0.15) is 73.1 Å². The van der Waals surface area contributed by atoms with E-state index in [-0.39, 0.29) is 34.9 Å². The predicted octanol–water partition coefficient (Wildman–Crippen LogP) is 7.06. The van der Waals surface area contributed by atoms with Gasteiger partial charge in [-0.1, -0.05) is 79.7 Å². The lowest BCUT2D eigenvalue weighted by Crippen LogP contribution is -2.39. The zero-order chi connectivity index (χ0) is 34.9. The molecule has 0 bridgehead atoms. The number of benzene rings is 3. The van der Waals surface area contributed by atoms with Crippen LogP contribution in [0.15, 0.2) is 77.3 Å². The normalized spacial score (nSPS) is 17.8. The van der Waals surface area contributed by atoms with Crippen LogP contribution in [-0.4, -0.2) is 61.3 Å². The molecule has 50 heavy (non-hydrogen) atoms. The second-order valence-corrected chi connectivity index (χ2v) is 13.5. The summed E-state index contributed by atoms with van der Waals surface area (Å²) in [6.45, 7) is 11.4. The molecule has 2 N–H and O–H groups in total. The van der Waals surface area contributed by atoms with Crippen LogP contribution >= 0.6 is 0 Å². The SMILES string of the molecule is CCNC(=O)c1noc(-c2cc(C(C)C)c(OCc3ccccc3)cc2OCc2ccccc2)c1NC(=O)C1CCC(CN2CCOCC2)C1. The van der Waals surface area contributed by atoms with Gasteiger partial charge in [-0.25, -0.2) is 0 Å². The fourth-order valence-corrected chi connectivity index (χ4v) is 6.76. The maximum Gasteiger partial charge on any atom is 0.275 e. The summed E-state index contributed by atoms with van der Waals surface area (Å²) < 4.78 is 24.4. The Bertz CT molecular complexity index is 1720. The monoisotopic (exact) mass is 680 g/mol. The molecule has 1 saturated heterocycles. The number of carbonyl (C=O) groups is 2. The van der Waals surface area contributed by atoms with Gasteiger partial charge in [-0.15, -0.1) is 0 Å². The highest BCUT2D eigenvalue weighted by Crippen LogP contribution is 2.44. The van der Waals surface area contributed by atoms with E-state index in [1.807, 2.05) is 79.7 Å². The van der Waals surface area contributed by atoms with Crippen LogP contribution in [0.2, 0.25) is 0 Å². The van der Waals surface area contributed by atoms with Gasteiger partial charge in [0.05, 0.1) is 18.8 Å². The van der Waals surface area contributed by atoms with Crippen molar-refractivity contribution in [3.8, 4) is 22.8 Å². The second-order valence-electron chi connectivity index (χ2n) is 13.5. The third-order valence-electron chi connectivity index (χ3n) is 9.48. The Morgan fingerprint density at radius 3 is 2.22 bits per heavy atom. The standard InChI is InChI=1S/C40H48N4O6/c1-4-41-40(46)37-36(42-39(45)31-16-15-30(21-31)24-44-17-19-47-20-18-44)38(50-43-37)33-22-32(27(2)3)34(48-25-28-11-7-5-8-12-28)23-35(33)49-26-29-13-9-6-10-14-29/h5-14,22-23,27,30-31H,4,15-21,24-26H2,1-3H3,(H,41,46)(H,42,45). The molecular formula is C40H48N4O6. The highest BCUT2D eigenvalue weighted by Gasteiger charge is 2.34. The number of nitrogens with one attached hydrogen (secondary N) is 2. The Kier molecular flexibility index (Phi) is 11.8. The van der Waals surface area contributed by atoms with Crippen LogP contribution in [0.5, 0.6) is 11.5 Å². The first kappa shape index (κ1) is 35.2. The summed E-state index contributed by atoms with van der Waals surface area (Å²) >= 11 is 0. The van der Waals surface area contributed by atoms with Crippen molar-refractivity contribution in [2.45, 2.75) is 59.2 Å². The number of carbonyl (C=O) groups excluding carboxylic acids is 2. The summed E-state index contributed by atoms with van der Waals surface area (Å²) in [5, 5.41) is 10.1. The number of hydrogen-bond donors (Lipinski definition) is 2. The van der Waals surface area contributed by atoms with Crippen LogP contribution in [0.3, 0.4) is 0 Å². The Hall–Kier alpha value is -4.67. The molecule has 4 aromatic rings. The highest BCUT2D eigenvalue weighted by molar-refractivity contribution is 6.06. The third kappa shape index (κ3) is 8.73. The van der Waals surface area contributed by atoms with Gasteiger partial charge < -0.3 is 29.4 Å². The van der Waals surface area contributed by atoms with E-state index < -0.39 is 5.91 Å². The molecular weight excluding hydrogens is 632 g/mol. The quantitative estimate of drug-likeness (QED) is 0.146. The van der Waals surface area contributed by atoms with Gasteiger partial charge in [0, 0.05) is 38.2 Å². The number of ether oxygens (including phenoxy) is 3. The van der Waals surface area contributed by atoms with Crippen LogP contribution < -0.4 is 20.1 Å². The van der Waals surface area contributed by atoms with E-state index in [1.54, 1.807) is 0 Å². The first-order valence-electron chi connectivity index (χ1n) is 17.8. The van der Waals surface area contributed by atoms with E-state index >= 15 is 0 Å². The summed E-state index contributed by atoms with van der Waals surface area (Å²) in [4.78, 5) is 29.6. The molecule has 10 heteroatoms. The van der Waals surface area contributed by atoms with E-state index in [0.29, 0.717) is 42.7 Å². The molecule has 1 saturated carbocycles. The minimum Gasteiger partial charge on any atom is -0.488 e. The molecule has 0 spiro atoms. The molecule has 10 nitrogen and oxygen atoms in total. The minimum absolute atomic E-state index is 0.0302. The van der Waals surface area contributed by atoms with E-state index in [4.69, 9.17) is 18.7 Å². The Labute approximate surface area is 294 Å². The van der Waals surface area contributed by atoms with Gasteiger partial charge in [0.15, 0.2) is 11.5 Å². The summed E-state index contributed by atoms with van der Waals surface area (Å²) in [7, 11) is 0. The van der Waals surface area contributed by atoms with Crippen molar-refractivity contribution < 1.29 is 28.3 Å². The van der Waals surface area contributed by atoms with Crippen LogP contribution in [-0.2, 0) is 22.7 Å². The molecule has 2 amide bonds. The largest absolute Gasteiger partial charge is 0.488 e. The van der Waals surface area contributed by atoms with Gasteiger partial charge in [0.25, 0.3) is 5.91 Å². The number of nitrogens with zero attached hydrogens (tertiary/aromatic N) is 2. The van der Waals surface area contributed by atoms with Crippen molar-refractivity contribution in [2.75, 3.05) is 44.7 Å². The van der Waals surface area contributed by atoms with Crippen molar-refractivity contribution in [1.29, 1.82) is 0 Å². The van der Waals surface area contributed by atoms with Crippen molar-refractivity contribution >= 4 is 17.5 Å². The molecule has 1 aliphatic carbocycles. The summed E-state index contributed by atoms with van der Waals surface area (Å²) in [6, 6.07) is 23.7. The number of anilines is 1. The molecule has 2 heterocycles. The lowest BCUT2D eigenvalue weighted by Gasteiger charge is -2.29. The van der Waals surface area contributed by atoms with Crippen LogP contribution in [0, 0.1) is 11.8 Å². The predicted molar refractivity (Wildman–Crippen MR) is 192 cm³/mol. The molecule has 1 aromatic heterocycles. The molecule has 1 aliphatic heterocycles. The van der Waals surface area contributed by atoms with E-state index in [2.05, 4.69) is 34.5 Å². The van der Waals surface area contributed by atoms with Crippen molar-refractivity contribution in [3.63, 3.8) is 0 Å². The first-order valence-corrected chi connectivity index (χ1v) is 17.8. The Morgan fingerprint density at radius 1 is 0.920 bits per heavy atom. The number of rotatable bonds is 14. The molecule has 2 unspecified atom stereocenters. The van der Waals surface area contributed by atoms with E-state index in [9.17, 15) is 9.59 Å². The van der Waals surface area contributed by atoms with E-state index in [0.717, 1.165) is 68.8 Å². The van der Waals surface area contributed by atoms with E-state index in [1.165, 1.54) is 0 Å². The smallest absolute Gasteiger partial charge is 0.275 e. The Morgan fingerprint density at radius 2 is 1.58 bits per heavy atom. The number of aromatic nitrogens is 1. The number of hydrogen-bond acceptors (Lipinski definition) is 8. The average molecular weight is 681 g/mol. The van der Waals surface area contributed by atoms with Crippen molar-refractivity contribution in [1.82, 2.24) is 15.4 Å². The van der Waals surface area contributed by atoms with Gasteiger partial charge in [-0.05, 0) is 60.8 Å². The van der Waals surface area contributed by atoms with Gasteiger partial charge in [-0.3, -0.25) is 14.5 Å². The minimum atomic E-state index is -0.423. The second kappa shape index (κ2) is 16.8. The third-order valence-corrected chi connectivity index (χ3v) is 9.48. The average Bonchev–Trinajstić information content (AvgIpc) is 3.78. The van der Waals surface area contributed by atoms with Gasteiger partial charge >= 0.3 is 0 Å². The maximum atomic E-state index is 13.9. The fraction of sp³-hybridized carbons (Fsp3) is 0.425. The molecule has 2 atom stereocenters. The number of amides is 2. The van der Waals surface area contributed by atoms with Crippen LogP contribution in [0.4, 0.5) is 5.69 Å². The highest BCUT2D eigenvalue weighted by atomic mass is 16.5.